The van der Waals surface area contributed by atoms with Crippen LogP contribution in [0, 0.1) is 0 Å². The van der Waals surface area contributed by atoms with Crippen molar-refractivity contribution in [1.29, 1.82) is 0 Å². The van der Waals surface area contributed by atoms with Crippen LogP contribution in [-0.4, -0.2) is 27.8 Å². The maximum atomic E-state index is 12.9. The summed E-state index contributed by atoms with van der Waals surface area (Å²) >= 11 is 2.84. The topological polar surface area (TPSA) is 55.2 Å². The number of fused-ring (bicyclic) bond motifs is 1. The number of para-hydroxylation sites is 1. The molecule has 0 unspecified atom stereocenters. The number of hydrogen-bond acceptors (Lipinski definition) is 5. The Bertz CT molecular complexity index is 1060. The maximum absolute atomic E-state index is 12.9. The van der Waals surface area contributed by atoms with Crippen molar-refractivity contribution in [3.8, 4) is 0 Å². The number of aryl methyl sites for hydroxylation is 1. The van der Waals surface area contributed by atoms with E-state index in [-0.39, 0.29) is 11.5 Å². The number of amides is 1. The number of rotatable bonds is 7. The van der Waals surface area contributed by atoms with Crippen molar-refractivity contribution >= 4 is 44.9 Å². The minimum Gasteiger partial charge on any atom is -0.315 e. The van der Waals surface area contributed by atoms with Crippen molar-refractivity contribution < 1.29 is 4.79 Å². The maximum Gasteiger partial charge on any atom is 0.263 e. The third-order valence-corrected chi connectivity index (χ3v) is 6.68. The number of benzene rings is 1. The Labute approximate surface area is 172 Å². The van der Waals surface area contributed by atoms with Gasteiger partial charge in [-0.25, -0.2) is 4.98 Å². The highest BCUT2D eigenvalue weighted by Crippen LogP contribution is 2.28. The quantitative estimate of drug-likeness (QED) is 0.328. The summed E-state index contributed by atoms with van der Waals surface area (Å²) in [4.78, 5) is 34.0. The largest absolute Gasteiger partial charge is 0.315 e. The van der Waals surface area contributed by atoms with Gasteiger partial charge in [0.2, 0.25) is 5.91 Å². The van der Waals surface area contributed by atoms with Crippen molar-refractivity contribution in [1.82, 2.24) is 9.55 Å². The molecule has 1 aromatic carbocycles. The van der Waals surface area contributed by atoms with Crippen LogP contribution >= 0.6 is 23.1 Å². The minimum absolute atomic E-state index is 0.0453. The summed E-state index contributed by atoms with van der Waals surface area (Å²) in [6.45, 7) is 8.01. The Morgan fingerprint density at radius 1 is 1.39 bits per heavy atom. The average Bonchev–Trinajstić information content (AvgIpc) is 3.14. The Kier molecular flexibility index (Phi) is 6.36. The first-order chi connectivity index (χ1) is 13.5. The number of hydrogen-bond donors (Lipinski definition) is 0. The van der Waals surface area contributed by atoms with Crippen LogP contribution < -0.4 is 10.5 Å². The molecule has 0 spiro atoms. The van der Waals surface area contributed by atoms with Crippen LogP contribution in [0.1, 0.15) is 18.7 Å². The summed E-state index contributed by atoms with van der Waals surface area (Å²) in [7, 11) is 1.76. The lowest BCUT2D eigenvalue weighted by Gasteiger charge is -2.21. The molecule has 1 atom stereocenters. The Morgan fingerprint density at radius 3 is 2.75 bits per heavy atom. The molecule has 3 aromatic rings. The molecule has 2 heterocycles. The zero-order valence-electron chi connectivity index (χ0n) is 16.2. The van der Waals surface area contributed by atoms with Crippen LogP contribution in [0.2, 0.25) is 0 Å². The van der Waals surface area contributed by atoms with Gasteiger partial charge in [0.05, 0.1) is 10.6 Å². The van der Waals surface area contributed by atoms with Crippen molar-refractivity contribution in [2.75, 3.05) is 11.9 Å². The summed E-state index contributed by atoms with van der Waals surface area (Å²) in [6.07, 6.45) is 2.54. The molecule has 0 aliphatic rings. The average molecular weight is 414 g/mol. The molecule has 7 heteroatoms. The van der Waals surface area contributed by atoms with Crippen LogP contribution in [0.25, 0.3) is 10.2 Å². The molecular formula is C21H23N3O2S2. The van der Waals surface area contributed by atoms with Gasteiger partial charge >= 0.3 is 0 Å². The molecule has 0 radical (unpaired) electrons. The minimum atomic E-state index is -0.392. The number of carbonyl (C=O) groups is 1. The van der Waals surface area contributed by atoms with E-state index in [1.807, 2.05) is 43.3 Å². The van der Waals surface area contributed by atoms with E-state index < -0.39 is 5.25 Å². The highest BCUT2D eigenvalue weighted by atomic mass is 32.2. The molecule has 2 aromatic heterocycles. The van der Waals surface area contributed by atoms with E-state index in [1.165, 1.54) is 23.1 Å². The van der Waals surface area contributed by atoms with Gasteiger partial charge in [0.25, 0.3) is 5.56 Å². The van der Waals surface area contributed by atoms with E-state index in [0.29, 0.717) is 17.1 Å². The molecule has 0 bridgehead atoms. The zero-order chi connectivity index (χ0) is 20.3. The SMILES string of the molecule is C=CCn1c(S[C@@H](C)C(=O)N(C)c2ccccc2)nc2sc(CC)cc2c1=O. The first-order valence-electron chi connectivity index (χ1n) is 9.09. The molecule has 0 saturated carbocycles. The normalized spacial score (nSPS) is 12.1. The fraction of sp³-hybridized carbons (Fsp3) is 0.286. The molecule has 28 heavy (non-hydrogen) atoms. The molecule has 0 N–H and O–H groups in total. The lowest BCUT2D eigenvalue weighted by molar-refractivity contribution is -0.117. The Hall–Kier alpha value is -2.38. The molecule has 0 aliphatic heterocycles. The fourth-order valence-corrected chi connectivity index (χ4v) is 4.88. The number of anilines is 1. The van der Waals surface area contributed by atoms with Gasteiger partial charge in [0.15, 0.2) is 5.16 Å². The van der Waals surface area contributed by atoms with Crippen LogP contribution in [0.3, 0.4) is 0 Å². The Balaban J connectivity index is 1.93. The number of nitrogens with zero attached hydrogens (tertiary/aromatic N) is 3. The van der Waals surface area contributed by atoms with E-state index in [9.17, 15) is 9.59 Å². The third-order valence-electron chi connectivity index (χ3n) is 4.43. The smallest absolute Gasteiger partial charge is 0.263 e. The summed E-state index contributed by atoms with van der Waals surface area (Å²) in [5.41, 5.74) is 0.747. The lowest BCUT2D eigenvalue weighted by Crippen LogP contribution is -2.34. The molecular weight excluding hydrogens is 390 g/mol. The molecule has 0 fully saturated rings. The predicted octanol–water partition coefficient (Wildman–Crippen LogP) is 4.35. The summed E-state index contributed by atoms with van der Waals surface area (Å²) in [5, 5.41) is 0.786. The molecule has 146 valence electrons. The van der Waals surface area contributed by atoms with Gasteiger partial charge in [-0.3, -0.25) is 14.2 Å². The van der Waals surface area contributed by atoms with Gasteiger partial charge in [-0.05, 0) is 31.5 Å². The van der Waals surface area contributed by atoms with E-state index in [0.717, 1.165) is 21.8 Å². The molecule has 5 nitrogen and oxygen atoms in total. The third kappa shape index (κ3) is 4.05. The van der Waals surface area contributed by atoms with Gasteiger partial charge < -0.3 is 4.90 Å². The van der Waals surface area contributed by atoms with Gasteiger partial charge in [-0.15, -0.1) is 17.9 Å². The first-order valence-corrected chi connectivity index (χ1v) is 10.8. The second-order valence-electron chi connectivity index (χ2n) is 6.38. The lowest BCUT2D eigenvalue weighted by atomic mass is 10.3. The van der Waals surface area contributed by atoms with Crippen molar-refractivity contribution in [3.05, 3.63) is 64.3 Å². The van der Waals surface area contributed by atoms with Crippen LogP contribution in [-0.2, 0) is 17.8 Å². The highest BCUT2D eigenvalue weighted by Gasteiger charge is 2.23. The first kappa shape index (κ1) is 20.4. The van der Waals surface area contributed by atoms with Crippen molar-refractivity contribution in [3.63, 3.8) is 0 Å². The molecule has 0 saturated heterocycles. The number of carbonyl (C=O) groups excluding carboxylic acids is 1. The van der Waals surface area contributed by atoms with Crippen LogP contribution in [0.4, 0.5) is 5.69 Å². The number of allylic oxidation sites excluding steroid dienone is 1. The summed E-state index contributed by atoms with van der Waals surface area (Å²) < 4.78 is 1.60. The molecule has 0 aliphatic carbocycles. The number of thioether (sulfide) groups is 1. The highest BCUT2D eigenvalue weighted by molar-refractivity contribution is 8.00. The van der Waals surface area contributed by atoms with Gasteiger partial charge in [-0.2, -0.15) is 0 Å². The second kappa shape index (κ2) is 8.75. The fourth-order valence-electron chi connectivity index (χ4n) is 2.86. The van der Waals surface area contributed by atoms with Crippen LogP contribution in [0.15, 0.2) is 59.0 Å². The van der Waals surface area contributed by atoms with E-state index in [4.69, 9.17) is 4.98 Å². The Morgan fingerprint density at radius 2 is 2.11 bits per heavy atom. The predicted molar refractivity (Wildman–Crippen MR) is 119 cm³/mol. The number of aromatic nitrogens is 2. The van der Waals surface area contributed by atoms with Crippen LogP contribution in [0.5, 0.6) is 0 Å². The zero-order valence-corrected chi connectivity index (χ0v) is 17.8. The summed E-state index contributed by atoms with van der Waals surface area (Å²) in [6, 6.07) is 11.4. The van der Waals surface area contributed by atoms with Gasteiger partial charge in [-0.1, -0.05) is 43.0 Å². The van der Waals surface area contributed by atoms with Crippen molar-refractivity contribution in [2.24, 2.45) is 0 Å². The second-order valence-corrected chi connectivity index (χ2v) is 8.80. The van der Waals surface area contributed by atoms with E-state index >= 15 is 0 Å². The van der Waals surface area contributed by atoms with E-state index in [1.54, 1.807) is 22.6 Å². The van der Waals surface area contributed by atoms with Gasteiger partial charge in [0.1, 0.15) is 4.83 Å². The van der Waals surface area contributed by atoms with Crippen molar-refractivity contribution in [2.45, 2.75) is 37.2 Å². The monoisotopic (exact) mass is 413 g/mol. The molecule has 3 rings (SSSR count). The van der Waals surface area contributed by atoms with E-state index in [2.05, 4.69) is 13.5 Å². The number of thiophene rings is 1. The standard InChI is InChI=1S/C21H23N3O2S2/c1-5-12-24-20(26)17-13-16(6-2)28-18(17)22-21(24)27-14(3)19(25)23(4)15-10-8-7-9-11-15/h5,7-11,13-14H,1,6,12H2,2-4H3/t14-/m0/s1. The molecule has 1 amide bonds. The summed E-state index contributed by atoms with van der Waals surface area (Å²) in [5.74, 6) is -0.0453. The van der Waals surface area contributed by atoms with Gasteiger partial charge in [0, 0.05) is 24.2 Å².